The molecule has 0 radical (unpaired) electrons. The van der Waals surface area contributed by atoms with Gasteiger partial charge in [-0.05, 0) is 0 Å². The van der Waals surface area contributed by atoms with Crippen molar-refractivity contribution in [3.8, 4) is 0 Å². The van der Waals surface area contributed by atoms with Crippen LogP contribution in [0.1, 0.15) is 71.0 Å². The Hall–Kier alpha value is -1.02. The van der Waals surface area contributed by atoms with Crippen LogP contribution in [0.5, 0.6) is 0 Å². The zero-order chi connectivity index (χ0) is 20.7. The molecule has 3 heteroatoms. The average Bonchev–Trinajstić information content (AvgIpc) is 3.11. The second-order valence-corrected chi connectivity index (χ2v) is 24.0. The van der Waals surface area contributed by atoms with Crippen molar-refractivity contribution in [2.45, 2.75) is 54.9 Å². The normalized spacial score (nSPS) is 20.9. The van der Waals surface area contributed by atoms with Crippen molar-refractivity contribution in [1.29, 1.82) is 0 Å². The van der Waals surface area contributed by atoms with E-state index in [4.69, 9.17) is 4.74 Å². The summed E-state index contributed by atoms with van der Waals surface area (Å²) in [5.41, 5.74) is 12.7. The summed E-state index contributed by atoms with van der Waals surface area (Å²) >= 11 is -1.92. The topological polar surface area (TPSA) is 9.23 Å². The Balaban J connectivity index is 1.80. The molecule has 2 atom stereocenters. The van der Waals surface area contributed by atoms with Crippen molar-refractivity contribution in [3.05, 3.63) is 81.9 Å². The van der Waals surface area contributed by atoms with Gasteiger partial charge < -0.3 is 0 Å². The molecule has 0 N–H and O–H groups in total. The number of rotatable bonds is 6. The van der Waals surface area contributed by atoms with Gasteiger partial charge in [0.2, 0.25) is 0 Å². The van der Waals surface area contributed by atoms with Crippen LogP contribution in [0.15, 0.2) is 59.7 Å². The van der Waals surface area contributed by atoms with Crippen molar-refractivity contribution in [2.24, 2.45) is 0 Å². The van der Waals surface area contributed by atoms with E-state index >= 15 is 0 Å². The van der Waals surface area contributed by atoms with Gasteiger partial charge in [0, 0.05) is 0 Å². The number of hydrogen-bond acceptors (Lipinski definition) is 1. The first kappa shape index (κ1) is 21.2. The van der Waals surface area contributed by atoms with Gasteiger partial charge in [0.05, 0.1) is 0 Å². The maximum atomic E-state index is 6.17. The zero-order valence-corrected chi connectivity index (χ0v) is 22.5. The van der Waals surface area contributed by atoms with Crippen molar-refractivity contribution in [1.82, 2.24) is 0 Å². The summed E-state index contributed by atoms with van der Waals surface area (Å²) in [6, 6.07) is 18.5. The predicted octanol–water partition coefficient (Wildman–Crippen LogP) is 6.17. The minimum atomic E-state index is -1.92. The Labute approximate surface area is 185 Å². The maximum absolute atomic E-state index is 6.17. The van der Waals surface area contributed by atoms with E-state index in [9.17, 15) is 0 Å². The molecule has 2 aromatic carbocycles. The molecule has 0 saturated carbocycles. The first-order valence-electron chi connectivity index (χ1n) is 10.9. The van der Waals surface area contributed by atoms with Gasteiger partial charge in [0.15, 0.2) is 0 Å². The molecule has 2 aliphatic rings. The summed E-state index contributed by atoms with van der Waals surface area (Å²) in [6.45, 7) is 13.6. The second kappa shape index (κ2) is 8.61. The summed E-state index contributed by atoms with van der Waals surface area (Å²) in [7, 11) is 0. The van der Waals surface area contributed by atoms with Crippen molar-refractivity contribution < 1.29 is 25.6 Å². The van der Waals surface area contributed by atoms with Gasteiger partial charge >= 0.3 is 186 Å². The monoisotopic (exact) mass is 479 g/mol. The molecule has 0 saturated heterocycles. The molecule has 2 unspecified atom stereocenters. The third kappa shape index (κ3) is 3.75. The van der Waals surface area contributed by atoms with Crippen LogP contribution in [0, 0.1) is 0 Å². The standard InChI is InChI=1S/2C11H11.C4H11OSi.Zr/c2*1-8-7-10-5-3-4-6-11(10)9(8)2;1-4(2)5-3-6;/h2*3-7H,1-2H3;4H,3,6H2,1-2H3;. The predicted molar refractivity (Wildman–Crippen MR) is 125 cm³/mol. The Morgan fingerprint density at radius 3 is 1.69 bits per heavy atom. The van der Waals surface area contributed by atoms with Gasteiger partial charge in [-0.25, -0.2) is 0 Å². The van der Waals surface area contributed by atoms with Gasteiger partial charge in [-0.15, -0.1) is 0 Å². The van der Waals surface area contributed by atoms with Crippen LogP contribution in [0.25, 0.3) is 11.1 Å². The first-order chi connectivity index (χ1) is 13.9. The number of hydrogen-bond donors (Lipinski definition) is 0. The molecule has 0 amide bonds. The molecule has 0 aliphatic heterocycles. The average molecular weight is 481 g/mol. The molecule has 2 aromatic rings. The van der Waals surface area contributed by atoms with E-state index in [2.05, 4.69) is 90.1 Å². The Bertz CT molecular complexity index is 914. The van der Waals surface area contributed by atoms with E-state index in [1.165, 1.54) is 22.3 Å². The van der Waals surface area contributed by atoms with Crippen LogP contribution in [0.4, 0.5) is 0 Å². The number of fused-ring (bicyclic) bond motifs is 2. The van der Waals surface area contributed by atoms with Crippen LogP contribution < -0.4 is 0 Å². The quantitative estimate of drug-likeness (QED) is 0.449. The van der Waals surface area contributed by atoms with Crippen molar-refractivity contribution in [3.63, 3.8) is 0 Å². The van der Waals surface area contributed by atoms with Crippen LogP contribution in [-0.4, -0.2) is 19.0 Å². The molecule has 29 heavy (non-hydrogen) atoms. The Morgan fingerprint density at radius 2 is 1.24 bits per heavy atom. The molecular weight excluding hydrogens is 448 g/mol. The van der Waals surface area contributed by atoms with E-state index in [0.29, 0.717) is 6.10 Å². The Kier molecular flexibility index (Phi) is 6.30. The van der Waals surface area contributed by atoms with E-state index in [1.54, 1.807) is 22.3 Å². The van der Waals surface area contributed by atoms with Crippen LogP contribution in [-0.2, 0) is 25.6 Å². The van der Waals surface area contributed by atoms with E-state index in [-0.39, 0.29) is 6.65 Å². The molecule has 151 valence electrons. The van der Waals surface area contributed by atoms with Gasteiger partial charge in [-0.3, -0.25) is 0 Å². The molecule has 1 nitrogen and oxygen atoms in total. The minimum absolute atomic E-state index is 0.258. The molecule has 4 rings (SSSR count). The fourth-order valence-corrected chi connectivity index (χ4v) is 27.6. The van der Waals surface area contributed by atoms with Gasteiger partial charge in [0.1, 0.15) is 0 Å². The van der Waals surface area contributed by atoms with Crippen LogP contribution in [0.2, 0.25) is 0 Å². The van der Waals surface area contributed by atoms with Gasteiger partial charge in [0.25, 0.3) is 0 Å². The molecule has 2 aliphatic carbocycles. The number of benzene rings is 2. The molecular formula is C26H33OSiZr. The summed E-state index contributed by atoms with van der Waals surface area (Å²) < 4.78 is 7.61. The third-order valence-corrected chi connectivity index (χ3v) is 25.9. The molecule has 0 aromatic heterocycles. The van der Waals surface area contributed by atoms with E-state index in [0.717, 1.165) is 13.5 Å². The molecule has 0 fully saturated rings. The molecule has 0 heterocycles. The summed E-state index contributed by atoms with van der Waals surface area (Å²) in [4.78, 5) is 0. The SMILES string of the molecule is CC1=C(C)[CH]([Zr]([SiH2]COC(C)C)[CH]2C(C)=C(C)c3ccccc32)c2ccccc21. The summed E-state index contributed by atoms with van der Waals surface area (Å²) in [5, 5.41) is 0. The fraction of sp³-hybridized carbons (Fsp3) is 0.385. The first-order valence-corrected chi connectivity index (χ1v) is 20.7. The third-order valence-electron chi connectivity index (χ3n) is 6.98. The van der Waals surface area contributed by atoms with Crippen LogP contribution >= 0.6 is 0 Å². The summed E-state index contributed by atoms with van der Waals surface area (Å²) in [6.07, 6.45) is 1.39. The van der Waals surface area contributed by atoms with Gasteiger partial charge in [-0.2, -0.15) is 0 Å². The van der Waals surface area contributed by atoms with E-state index < -0.39 is 20.9 Å². The van der Waals surface area contributed by atoms with Crippen molar-refractivity contribution >= 4 is 17.8 Å². The molecule has 0 spiro atoms. The Morgan fingerprint density at radius 1 is 0.793 bits per heavy atom. The van der Waals surface area contributed by atoms with Gasteiger partial charge in [-0.1, -0.05) is 0 Å². The summed E-state index contributed by atoms with van der Waals surface area (Å²) in [5.74, 6) is 0. The zero-order valence-electron chi connectivity index (χ0n) is 18.7. The van der Waals surface area contributed by atoms with Crippen molar-refractivity contribution in [2.75, 3.05) is 6.23 Å². The number of ether oxygens (including phenoxy) is 1. The molecule has 0 bridgehead atoms. The van der Waals surface area contributed by atoms with E-state index in [1.807, 2.05) is 0 Å². The number of allylic oxidation sites excluding steroid dienone is 4. The fourth-order valence-electron chi connectivity index (χ4n) is 5.33. The second-order valence-electron chi connectivity index (χ2n) is 8.90. The van der Waals surface area contributed by atoms with Crippen LogP contribution in [0.3, 0.4) is 0 Å².